The molecule has 3 N–H and O–H groups in total. The van der Waals surface area contributed by atoms with Crippen molar-refractivity contribution in [2.45, 2.75) is 57.0 Å². The minimum atomic E-state index is -0.530. The predicted molar refractivity (Wildman–Crippen MR) is 85.0 cm³/mol. The molecule has 3 aliphatic rings. The molecule has 21 heavy (non-hydrogen) atoms. The Kier molecular flexibility index (Phi) is 3.16. The molecule has 2 saturated carbocycles. The molecule has 2 atom stereocenters. The Balaban J connectivity index is 1.78. The van der Waals surface area contributed by atoms with Gasteiger partial charge in [0.05, 0.1) is 5.60 Å². The normalized spacial score (nSPS) is 37.2. The summed E-state index contributed by atoms with van der Waals surface area (Å²) in [6.07, 6.45) is 9.19. The first-order valence-corrected chi connectivity index (χ1v) is 8.69. The molecule has 0 amide bonds. The SMILES string of the molecule is NCC1(C2(O)C3CCC2Cc2ccccc2C3)CCCC1. The highest BCUT2D eigenvalue weighted by molar-refractivity contribution is 5.33. The summed E-state index contributed by atoms with van der Waals surface area (Å²) >= 11 is 0. The summed E-state index contributed by atoms with van der Waals surface area (Å²) in [4.78, 5) is 0. The van der Waals surface area contributed by atoms with Gasteiger partial charge in [0.1, 0.15) is 0 Å². The molecule has 2 heteroatoms. The van der Waals surface area contributed by atoms with Gasteiger partial charge >= 0.3 is 0 Å². The van der Waals surface area contributed by atoms with Crippen LogP contribution in [-0.4, -0.2) is 17.3 Å². The Bertz CT molecular complexity index is 499. The van der Waals surface area contributed by atoms with E-state index in [4.69, 9.17) is 5.73 Å². The fourth-order valence-electron chi connectivity index (χ4n) is 5.86. The minimum Gasteiger partial charge on any atom is -0.389 e. The second-order valence-corrected chi connectivity index (χ2v) is 7.67. The van der Waals surface area contributed by atoms with Gasteiger partial charge in [-0.3, -0.25) is 0 Å². The van der Waals surface area contributed by atoms with Crippen LogP contribution in [0.1, 0.15) is 49.7 Å². The number of rotatable bonds is 2. The molecule has 2 bridgehead atoms. The molecule has 0 spiro atoms. The fourth-order valence-corrected chi connectivity index (χ4v) is 5.86. The van der Waals surface area contributed by atoms with E-state index in [1.54, 1.807) is 0 Å². The van der Waals surface area contributed by atoms with Gasteiger partial charge in [0.15, 0.2) is 0 Å². The maximum atomic E-state index is 11.9. The third kappa shape index (κ3) is 1.78. The third-order valence-corrected chi connectivity index (χ3v) is 6.96. The van der Waals surface area contributed by atoms with Crippen LogP contribution in [0, 0.1) is 17.3 Å². The summed E-state index contributed by atoms with van der Waals surface area (Å²) in [6, 6.07) is 8.82. The standard InChI is InChI=1S/C19H27NO/c20-13-18(9-3-4-10-18)19(21)16-7-8-17(19)12-15-6-2-1-5-14(15)11-16/h1-2,5-6,16-17,21H,3-4,7-13,20H2. The topological polar surface area (TPSA) is 46.2 Å². The molecular weight excluding hydrogens is 258 g/mol. The summed E-state index contributed by atoms with van der Waals surface area (Å²) < 4.78 is 0. The summed E-state index contributed by atoms with van der Waals surface area (Å²) in [6.45, 7) is 0.660. The highest BCUT2D eigenvalue weighted by Gasteiger charge is 2.61. The van der Waals surface area contributed by atoms with Crippen LogP contribution in [0.25, 0.3) is 0 Å². The van der Waals surface area contributed by atoms with Gasteiger partial charge in [-0.25, -0.2) is 0 Å². The average molecular weight is 285 g/mol. The van der Waals surface area contributed by atoms with Crippen molar-refractivity contribution in [3.05, 3.63) is 35.4 Å². The fraction of sp³-hybridized carbons (Fsp3) is 0.684. The first kappa shape index (κ1) is 13.8. The summed E-state index contributed by atoms with van der Waals surface area (Å²) in [5.41, 5.74) is 8.62. The Morgan fingerprint density at radius 3 is 2.00 bits per heavy atom. The predicted octanol–water partition coefficient (Wildman–Crippen LogP) is 3.06. The van der Waals surface area contributed by atoms with Crippen molar-refractivity contribution in [2.24, 2.45) is 23.0 Å². The number of hydrogen-bond donors (Lipinski definition) is 2. The summed E-state index contributed by atoms with van der Waals surface area (Å²) in [5.74, 6) is 0.820. The average Bonchev–Trinajstić information content (AvgIpc) is 3.05. The molecule has 2 unspecified atom stereocenters. The van der Waals surface area contributed by atoms with Gasteiger partial charge in [-0.15, -0.1) is 0 Å². The number of nitrogens with two attached hydrogens (primary N) is 1. The lowest BCUT2D eigenvalue weighted by Gasteiger charge is -2.49. The maximum Gasteiger partial charge on any atom is 0.0778 e. The third-order valence-electron chi connectivity index (χ3n) is 6.96. The molecular formula is C19H27NO. The van der Waals surface area contributed by atoms with E-state index in [9.17, 15) is 5.11 Å². The van der Waals surface area contributed by atoms with Gasteiger partial charge < -0.3 is 10.8 Å². The number of aliphatic hydroxyl groups is 1. The molecule has 0 saturated heterocycles. The van der Waals surface area contributed by atoms with Crippen LogP contribution in [0.15, 0.2) is 24.3 Å². The first-order valence-electron chi connectivity index (χ1n) is 8.69. The van der Waals surface area contributed by atoms with Crippen LogP contribution in [0.3, 0.4) is 0 Å². The molecule has 2 fully saturated rings. The molecule has 0 aromatic heterocycles. The molecule has 3 aliphatic carbocycles. The Labute approximate surface area is 127 Å². The zero-order valence-electron chi connectivity index (χ0n) is 12.9. The molecule has 0 heterocycles. The van der Waals surface area contributed by atoms with E-state index < -0.39 is 5.60 Å². The van der Waals surface area contributed by atoms with Gasteiger partial charge in [0, 0.05) is 12.0 Å². The zero-order valence-corrected chi connectivity index (χ0v) is 12.9. The number of hydrogen-bond acceptors (Lipinski definition) is 2. The highest BCUT2D eigenvalue weighted by atomic mass is 16.3. The molecule has 0 aliphatic heterocycles. The molecule has 2 nitrogen and oxygen atoms in total. The van der Waals surface area contributed by atoms with Crippen LogP contribution in [-0.2, 0) is 12.8 Å². The van der Waals surface area contributed by atoms with Gasteiger partial charge in [-0.05, 0) is 61.5 Å². The minimum absolute atomic E-state index is 0.0130. The molecule has 1 aromatic rings. The largest absolute Gasteiger partial charge is 0.389 e. The smallest absolute Gasteiger partial charge is 0.0778 e. The van der Waals surface area contributed by atoms with Gasteiger partial charge in [0.2, 0.25) is 0 Å². The number of benzene rings is 1. The van der Waals surface area contributed by atoms with Crippen LogP contribution >= 0.6 is 0 Å². The molecule has 114 valence electrons. The van der Waals surface area contributed by atoms with E-state index in [-0.39, 0.29) is 5.41 Å². The lowest BCUT2D eigenvalue weighted by molar-refractivity contribution is -0.135. The van der Waals surface area contributed by atoms with Crippen molar-refractivity contribution < 1.29 is 5.11 Å². The molecule has 1 aromatic carbocycles. The Hall–Kier alpha value is -0.860. The van der Waals surface area contributed by atoms with E-state index >= 15 is 0 Å². The lowest BCUT2D eigenvalue weighted by Crippen LogP contribution is -2.57. The summed E-state index contributed by atoms with van der Waals surface area (Å²) in [5, 5.41) is 11.9. The van der Waals surface area contributed by atoms with Crippen molar-refractivity contribution in [3.8, 4) is 0 Å². The van der Waals surface area contributed by atoms with Crippen molar-refractivity contribution >= 4 is 0 Å². The van der Waals surface area contributed by atoms with Crippen LogP contribution < -0.4 is 5.73 Å². The van der Waals surface area contributed by atoms with Crippen molar-refractivity contribution in [1.82, 2.24) is 0 Å². The zero-order chi connectivity index (χ0) is 14.5. The first-order chi connectivity index (χ1) is 10.2. The van der Waals surface area contributed by atoms with Gasteiger partial charge in [0.25, 0.3) is 0 Å². The van der Waals surface area contributed by atoms with E-state index in [1.807, 2.05) is 0 Å². The maximum absolute atomic E-state index is 11.9. The van der Waals surface area contributed by atoms with E-state index in [1.165, 1.54) is 36.8 Å². The van der Waals surface area contributed by atoms with Crippen molar-refractivity contribution in [3.63, 3.8) is 0 Å². The van der Waals surface area contributed by atoms with E-state index in [0.717, 1.165) is 25.7 Å². The van der Waals surface area contributed by atoms with Crippen LogP contribution in [0.5, 0.6) is 0 Å². The summed E-state index contributed by atoms with van der Waals surface area (Å²) in [7, 11) is 0. The molecule has 4 rings (SSSR count). The van der Waals surface area contributed by atoms with E-state index in [0.29, 0.717) is 18.4 Å². The van der Waals surface area contributed by atoms with Crippen LogP contribution in [0.2, 0.25) is 0 Å². The van der Waals surface area contributed by atoms with Gasteiger partial charge in [-0.2, -0.15) is 0 Å². The van der Waals surface area contributed by atoms with Crippen LogP contribution in [0.4, 0.5) is 0 Å². The second kappa shape index (κ2) is 4.82. The van der Waals surface area contributed by atoms with Crippen molar-refractivity contribution in [1.29, 1.82) is 0 Å². The van der Waals surface area contributed by atoms with Gasteiger partial charge in [-0.1, -0.05) is 37.1 Å². The monoisotopic (exact) mass is 285 g/mol. The number of fused-ring (bicyclic) bond motifs is 3. The Morgan fingerprint density at radius 1 is 1.00 bits per heavy atom. The molecule has 0 radical (unpaired) electrons. The quantitative estimate of drug-likeness (QED) is 0.877. The van der Waals surface area contributed by atoms with Crippen molar-refractivity contribution in [2.75, 3.05) is 6.54 Å². The Morgan fingerprint density at radius 2 is 1.52 bits per heavy atom. The second-order valence-electron chi connectivity index (χ2n) is 7.67. The lowest BCUT2D eigenvalue weighted by atomic mass is 9.61. The highest BCUT2D eigenvalue weighted by Crippen LogP contribution is 2.60. The van der Waals surface area contributed by atoms with E-state index in [2.05, 4.69) is 24.3 Å².